The van der Waals surface area contributed by atoms with Crippen molar-refractivity contribution in [3.63, 3.8) is 0 Å². The Labute approximate surface area is 178 Å². The first kappa shape index (κ1) is 19.2. The molecule has 1 aliphatic carbocycles. The number of nitrogens with one attached hydrogen (secondary N) is 2. The van der Waals surface area contributed by atoms with Gasteiger partial charge in [0.05, 0.1) is 10.9 Å². The number of carbonyl (C=O) groups excluding carboxylic acids is 1. The second kappa shape index (κ2) is 7.79. The number of para-hydroxylation sites is 1. The predicted molar refractivity (Wildman–Crippen MR) is 115 cm³/mol. The van der Waals surface area contributed by atoms with Crippen molar-refractivity contribution in [2.75, 3.05) is 13.1 Å². The quantitative estimate of drug-likeness (QED) is 0.614. The fourth-order valence-corrected chi connectivity index (χ4v) is 4.45. The van der Waals surface area contributed by atoms with E-state index >= 15 is 0 Å². The number of hydrogen-bond acceptors (Lipinski definition) is 5. The van der Waals surface area contributed by atoms with Crippen LogP contribution in [0.4, 0.5) is 0 Å². The lowest BCUT2D eigenvalue weighted by Crippen LogP contribution is -2.39. The number of rotatable bonds is 5. The molecule has 3 aromatic rings. The number of H-pyrrole nitrogens is 2. The maximum Gasteiger partial charge on any atom is 0.262 e. The summed E-state index contributed by atoms with van der Waals surface area (Å²) in [5.74, 6) is 2.82. The highest BCUT2D eigenvalue weighted by Crippen LogP contribution is 2.38. The summed E-state index contributed by atoms with van der Waals surface area (Å²) < 4.78 is 1.83. The van der Waals surface area contributed by atoms with Gasteiger partial charge in [0.25, 0.3) is 5.56 Å². The molecule has 0 spiro atoms. The first-order valence-electron chi connectivity index (χ1n) is 10.5. The van der Waals surface area contributed by atoms with Crippen molar-refractivity contribution in [3.05, 3.63) is 51.0 Å². The van der Waals surface area contributed by atoms with Crippen LogP contribution in [0, 0.1) is 4.77 Å². The summed E-state index contributed by atoms with van der Waals surface area (Å²) in [6.45, 7) is 1.68. The minimum Gasteiger partial charge on any atom is -0.343 e. The van der Waals surface area contributed by atoms with Crippen LogP contribution in [0.3, 0.4) is 0 Å². The number of carbonyl (C=O) groups is 1. The number of nitrogens with zero attached hydrogens (tertiary/aromatic N) is 4. The van der Waals surface area contributed by atoms with Crippen LogP contribution in [0.2, 0.25) is 0 Å². The molecule has 9 heteroatoms. The number of fused-ring (bicyclic) bond motifs is 1. The van der Waals surface area contributed by atoms with Crippen LogP contribution in [-0.4, -0.2) is 48.6 Å². The second-order valence-corrected chi connectivity index (χ2v) is 8.58. The smallest absolute Gasteiger partial charge is 0.262 e. The van der Waals surface area contributed by atoms with Crippen molar-refractivity contribution >= 4 is 29.0 Å². The third-order valence-electron chi connectivity index (χ3n) is 6.14. The molecule has 3 heterocycles. The molecule has 30 heavy (non-hydrogen) atoms. The lowest BCUT2D eigenvalue weighted by molar-refractivity contribution is -0.132. The summed E-state index contributed by atoms with van der Waals surface area (Å²) >= 11 is 5.34. The largest absolute Gasteiger partial charge is 0.343 e. The van der Waals surface area contributed by atoms with Gasteiger partial charge in [0, 0.05) is 37.9 Å². The molecule has 5 rings (SSSR count). The summed E-state index contributed by atoms with van der Waals surface area (Å²) in [4.78, 5) is 35.1. The van der Waals surface area contributed by atoms with Crippen molar-refractivity contribution in [2.24, 2.45) is 0 Å². The van der Waals surface area contributed by atoms with Gasteiger partial charge in [-0.05, 0) is 50.0 Å². The van der Waals surface area contributed by atoms with E-state index in [1.54, 1.807) is 6.07 Å². The van der Waals surface area contributed by atoms with Crippen LogP contribution in [0.25, 0.3) is 10.9 Å². The molecule has 1 amide bonds. The Balaban J connectivity index is 1.20. The standard InChI is InChI=1S/C21H24N6O2S/c28-17(9-12-27-20(29)15-3-1-2-4-16(15)22-21(27)30)26-10-7-14(8-11-26)19-23-18(24-25-19)13-5-6-13/h1-4,13-14H,5-12H2,(H,22,30)(H,23,24,25). The average Bonchev–Trinajstić information content (AvgIpc) is 3.50. The molecule has 2 fully saturated rings. The van der Waals surface area contributed by atoms with Crippen LogP contribution in [0.5, 0.6) is 0 Å². The van der Waals surface area contributed by atoms with E-state index in [2.05, 4.69) is 20.2 Å². The maximum atomic E-state index is 12.7. The zero-order chi connectivity index (χ0) is 20.7. The van der Waals surface area contributed by atoms with E-state index in [0.717, 1.165) is 30.0 Å². The van der Waals surface area contributed by atoms with Gasteiger partial charge in [-0.25, -0.2) is 4.98 Å². The average molecular weight is 425 g/mol. The van der Waals surface area contributed by atoms with Crippen LogP contribution < -0.4 is 5.56 Å². The van der Waals surface area contributed by atoms with E-state index in [-0.39, 0.29) is 24.4 Å². The monoisotopic (exact) mass is 424 g/mol. The Morgan fingerprint density at radius 1 is 1.13 bits per heavy atom. The van der Waals surface area contributed by atoms with E-state index in [9.17, 15) is 9.59 Å². The molecule has 8 nitrogen and oxygen atoms in total. The Morgan fingerprint density at radius 2 is 1.90 bits per heavy atom. The van der Waals surface area contributed by atoms with Crippen molar-refractivity contribution in [3.8, 4) is 0 Å². The Kier molecular flexibility index (Phi) is 4.98. The minimum absolute atomic E-state index is 0.0548. The first-order valence-corrected chi connectivity index (χ1v) is 10.9. The third-order valence-corrected chi connectivity index (χ3v) is 6.46. The van der Waals surface area contributed by atoms with Gasteiger partial charge in [0.15, 0.2) is 10.6 Å². The molecule has 0 bridgehead atoms. The van der Waals surface area contributed by atoms with Gasteiger partial charge in [-0.1, -0.05) is 12.1 Å². The topological polar surface area (TPSA) is 99.7 Å². The third kappa shape index (κ3) is 3.69. The molecular formula is C21H24N6O2S. The van der Waals surface area contributed by atoms with E-state index in [0.29, 0.717) is 35.1 Å². The van der Waals surface area contributed by atoms with Gasteiger partial charge in [-0.15, -0.1) is 0 Å². The van der Waals surface area contributed by atoms with Gasteiger partial charge >= 0.3 is 0 Å². The molecule has 0 unspecified atom stereocenters. The molecular weight excluding hydrogens is 400 g/mol. The SMILES string of the molecule is O=C(CCn1c(=S)[nH]c2ccccc2c1=O)N1CCC(c2nc(C3CC3)n[nH]2)CC1. The Hall–Kier alpha value is -2.81. The normalized spacial score (nSPS) is 17.5. The molecule has 1 aromatic carbocycles. The summed E-state index contributed by atoms with van der Waals surface area (Å²) in [5.41, 5.74) is 0.562. The summed E-state index contributed by atoms with van der Waals surface area (Å²) in [5, 5.41) is 8.02. The molecule has 2 aliphatic rings. The number of piperidine rings is 1. The predicted octanol–water partition coefficient (Wildman–Crippen LogP) is 2.85. The molecule has 2 N–H and O–H groups in total. The molecule has 0 atom stereocenters. The number of aromatic nitrogens is 5. The zero-order valence-electron chi connectivity index (χ0n) is 16.6. The van der Waals surface area contributed by atoms with Gasteiger partial charge in [0.1, 0.15) is 5.82 Å². The van der Waals surface area contributed by atoms with Gasteiger partial charge in [0.2, 0.25) is 5.91 Å². The molecule has 2 aromatic heterocycles. The van der Waals surface area contributed by atoms with Crippen molar-refractivity contribution in [1.29, 1.82) is 0 Å². The fourth-order valence-electron chi connectivity index (χ4n) is 4.16. The number of aromatic amines is 2. The number of likely N-dealkylation sites (tertiary alicyclic amines) is 1. The van der Waals surface area contributed by atoms with Gasteiger partial charge in [-0.2, -0.15) is 5.10 Å². The number of amides is 1. The van der Waals surface area contributed by atoms with E-state index < -0.39 is 0 Å². The summed E-state index contributed by atoms with van der Waals surface area (Å²) in [6.07, 6.45) is 4.39. The van der Waals surface area contributed by atoms with Crippen LogP contribution in [-0.2, 0) is 11.3 Å². The molecule has 1 aliphatic heterocycles. The highest BCUT2D eigenvalue weighted by molar-refractivity contribution is 7.71. The number of benzene rings is 1. The zero-order valence-corrected chi connectivity index (χ0v) is 17.5. The van der Waals surface area contributed by atoms with Crippen LogP contribution >= 0.6 is 12.2 Å². The lowest BCUT2D eigenvalue weighted by atomic mass is 9.96. The fraction of sp³-hybridized carbons (Fsp3) is 0.476. The summed E-state index contributed by atoms with van der Waals surface area (Å²) in [7, 11) is 0. The number of hydrogen-bond donors (Lipinski definition) is 2. The first-order chi connectivity index (χ1) is 14.6. The minimum atomic E-state index is -0.155. The van der Waals surface area contributed by atoms with E-state index in [1.807, 2.05) is 23.1 Å². The maximum absolute atomic E-state index is 12.7. The molecule has 156 valence electrons. The van der Waals surface area contributed by atoms with Gasteiger partial charge in [-0.3, -0.25) is 19.3 Å². The summed E-state index contributed by atoms with van der Waals surface area (Å²) in [6, 6.07) is 7.27. The molecule has 1 saturated heterocycles. The van der Waals surface area contributed by atoms with Gasteiger partial charge < -0.3 is 9.88 Å². The lowest BCUT2D eigenvalue weighted by Gasteiger charge is -2.31. The van der Waals surface area contributed by atoms with Crippen LogP contribution in [0.1, 0.15) is 55.6 Å². The molecule has 1 saturated carbocycles. The van der Waals surface area contributed by atoms with E-state index in [1.165, 1.54) is 17.4 Å². The van der Waals surface area contributed by atoms with Crippen molar-refractivity contribution in [2.45, 2.75) is 50.5 Å². The second-order valence-electron chi connectivity index (χ2n) is 8.19. The van der Waals surface area contributed by atoms with Crippen molar-refractivity contribution in [1.82, 2.24) is 29.6 Å². The van der Waals surface area contributed by atoms with E-state index in [4.69, 9.17) is 12.2 Å². The highest BCUT2D eigenvalue weighted by Gasteiger charge is 2.30. The Morgan fingerprint density at radius 3 is 2.67 bits per heavy atom. The van der Waals surface area contributed by atoms with Crippen LogP contribution in [0.15, 0.2) is 29.1 Å². The Bertz CT molecular complexity index is 1200. The molecule has 0 radical (unpaired) electrons. The highest BCUT2D eigenvalue weighted by atomic mass is 32.1. The van der Waals surface area contributed by atoms with Crippen molar-refractivity contribution < 1.29 is 4.79 Å².